The first kappa shape index (κ1) is 15.6. The van der Waals surface area contributed by atoms with Crippen molar-refractivity contribution in [1.29, 1.82) is 21.2 Å². The highest BCUT2D eigenvalue weighted by molar-refractivity contribution is 5.88. The SMILES string of the molecule is N#CC1(C#N)C2CCCCC23OC(=N)C1(C#N)C(c1ccccn1)O3. The summed E-state index contributed by atoms with van der Waals surface area (Å²) in [6.07, 6.45) is 3.24. The predicted molar refractivity (Wildman–Crippen MR) is 83.3 cm³/mol. The minimum atomic E-state index is -1.84. The summed E-state index contributed by atoms with van der Waals surface area (Å²) >= 11 is 0. The predicted octanol–water partition coefficient (Wildman–Crippen LogP) is 2.59. The van der Waals surface area contributed by atoms with E-state index in [1.165, 1.54) is 0 Å². The van der Waals surface area contributed by atoms with Crippen LogP contribution in [0.4, 0.5) is 0 Å². The number of aromatic nitrogens is 1. The molecule has 7 heteroatoms. The molecule has 5 rings (SSSR count). The zero-order valence-electron chi connectivity index (χ0n) is 13.4. The van der Waals surface area contributed by atoms with Crippen molar-refractivity contribution in [3.05, 3.63) is 30.1 Å². The molecule has 0 radical (unpaired) electrons. The quantitative estimate of drug-likeness (QED) is 0.841. The molecular formula is C18H15N5O2. The van der Waals surface area contributed by atoms with Crippen molar-refractivity contribution in [2.24, 2.45) is 16.7 Å². The van der Waals surface area contributed by atoms with Gasteiger partial charge in [-0.25, -0.2) is 0 Å². The molecule has 4 heterocycles. The fraction of sp³-hybridized carbons (Fsp3) is 0.500. The second kappa shape index (κ2) is 5.02. The van der Waals surface area contributed by atoms with Gasteiger partial charge in [0.1, 0.15) is 6.10 Å². The number of nitriles is 3. The Morgan fingerprint density at radius 3 is 2.60 bits per heavy atom. The molecule has 2 bridgehead atoms. The Morgan fingerprint density at radius 1 is 1.16 bits per heavy atom. The third kappa shape index (κ3) is 1.60. The molecule has 3 saturated heterocycles. The van der Waals surface area contributed by atoms with Crippen molar-refractivity contribution in [2.75, 3.05) is 0 Å². The molecule has 1 saturated carbocycles. The third-order valence-electron chi connectivity index (χ3n) is 5.77. The summed E-state index contributed by atoms with van der Waals surface area (Å²) in [5, 5.41) is 38.6. The fourth-order valence-corrected chi connectivity index (χ4v) is 4.64. The molecule has 0 aromatic carbocycles. The van der Waals surface area contributed by atoms with Crippen molar-refractivity contribution >= 4 is 5.90 Å². The van der Waals surface area contributed by atoms with Crippen molar-refractivity contribution in [2.45, 2.75) is 37.6 Å². The van der Waals surface area contributed by atoms with Gasteiger partial charge in [0.05, 0.1) is 29.8 Å². The van der Waals surface area contributed by atoms with Crippen LogP contribution in [-0.2, 0) is 9.47 Å². The van der Waals surface area contributed by atoms with Gasteiger partial charge in [0, 0.05) is 12.6 Å². The largest absolute Gasteiger partial charge is 0.447 e. The molecule has 1 spiro atoms. The fourth-order valence-electron chi connectivity index (χ4n) is 4.64. The first-order valence-electron chi connectivity index (χ1n) is 8.21. The van der Waals surface area contributed by atoms with E-state index >= 15 is 0 Å². The summed E-state index contributed by atoms with van der Waals surface area (Å²) in [6, 6.07) is 11.4. The normalized spacial score (nSPS) is 37.7. The average molecular weight is 333 g/mol. The van der Waals surface area contributed by atoms with Crippen LogP contribution in [0.5, 0.6) is 0 Å². The zero-order chi connectivity index (χ0) is 17.7. The first-order chi connectivity index (χ1) is 12.1. The van der Waals surface area contributed by atoms with E-state index in [-0.39, 0.29) is 5.90 Å². The number of hydrogen-bond acceptors (Lipinski definition) is 7. The molecule has 4 atom stereocenters. The molecule has 25 heavy (non-hydrogen) atoms. The standard InChI is InChI=1S/C18H15N5O2/c19-9-16(10-20)13-6-1-3-7-18(13)24-14(12-5-2-4-8-23-12)17(16,11-21)15(22)25-18/h2,4-5,8,13-14,22H,1,3,6-7H2. The molecule has 4 unspecified atom stereocenters. The van der Waals surface area contributed by atoms with Crippen LogP contribution in [0.3, 0.4) is 0 Å². The highest BCUT2D eigenvalue weighted by Gasteiger charge is 2.80. The summed E-state index contributed by atoms with van der Waals surface area (Å²) in [4.78, 5) is 4.27. The third-order valence-corrected chi connectivity index (χ3v) is 5.77. The molecule has 0 amide bonds. The number of ether oxygens (including phenoxy) is 2. The van der Waals surface area contributed by atoms with E-state index < -0.39 is 28.6 Å². The topological polar surface area (TPSA) is 127 Å². The number of fused-ring (bicyclic) bond motifs is 2. The molecule has 1 aromatic heterocycles. The van der Waals surface area contributed by atoms with Crippen LogP contribution in [-0.4, -0.2) is 16.7 Å². The number of rotatable bonds is 1. The van der Waals surface area contributed by atoms with E-state index in [1.807, 2.05) is 0 Å². The maximum absolute atomic E-state index is 10.1. The van der Waals surface area contributed by atoms with Crippen LogP contribution in [0, 0.1) is 56.2 Å². The van der Waals surface area contributed by atoms with Gasteiger partial charge >= 0.3 is 0 Å². The van der Waals surface area contributed by atoms with Crippen LogP contribution in [0.15, 0.2) is 24.4 Å². The van der Waals surface area contributed by atoms with Gasteiger partial charge < -0.3 is 9.47 Å². The highest BCUT2D eigenvalue weighted by Crippen LogP contribution is 2.69. The highest BCUT2D eigenvalue weighted by atomic mass is 16.7. The Morgan fingerprint density at radius 2 is 1.96 bits per heavy atom. The summed E-state index contributed by atoms with van der Waals surface area (Å²) in [5.74, 6) is -2.16. The summed E-state index contributed by atoms with van der Waals surface area (Å²) in [6.45, 7) is 0. The lowest BCUT2D eigenvalue weighted by molar-refractivity contribution is -0.361. The molecule has 1 aromatic rings. The Bertz CT molecular complexity index is 850. The Labute approximate surface area is 144 Å². The van der Waals surface area contributed by atoms with E-state index in [0.29, 0.717) is 18.5 Å². The van der Waals surface area contributed by atoms with Crippen molar-refractivity contribution in [3.63, 3.8) is 0 Å². The van der Waals surface area contributed by atoms with E-state index in [0.717, 1.165) is 12.8 Å². The summed E-state index contributed by atoms with van der Waals surface area (Å²) in [7, 11) is 0. The molecule has 7 nitrogen and oxygen atoms in total. The molecule has 1 aliphatic carbocycles. The molecule has 4 aliphatic rings. The molecule has 4 fully saturated rings. The number of nitrogens with zero attached hydrogens (tertiary/aromatic N) is 4. The van der Waals surface area contributed by atoms with Crippen molar-refractivity contribution in [3.8, 4) is 18.2 Å². The minimum Gasteiger partial charge on any atom is -0.447 e. The van der Waals surface area contributed by atoms with Crippen LogP contribution in [0.25, 0.3) is 0 Å². The summed E-state index contributed by atoms with van der Waals surface area (Å²) in [5.41, 5.74) is -3.12. The van der Waals surface area contributed by atoms with Crippen LogP contribution in [0.2, 0.25) is 0 Å². The van der Waals surface area contributed by atoms with E-state index in [2.05, 4.69) is 23.2 Å². The average Bonchev–Trinajstić information content (AvgIpc) is 2.66. The van der Waals surface area contributed by atoms with Crippen LogP contribution >= 0.6 is 0 Å². The molecule has 3 aliphatic heterocycles. The van der Waals surface area contributed by atoms with Gasteiger partial charge in [-0.3, -0.25) is 10.4 Å². The van der Waals surface area contributed by atoms with Gasteiger partial charge in [0.25, 0.3) is 0 Å². The smallest absolute Gasteiger partial charge is 0.218 e. The lowest BCUT2D eigenvalue weighted by atomic mass is 9.48. The van der Waals surface area contributed by atoms with E-state index in [9.17, 15) is 15.8 Å². The van der Waals surface area contributed by atoms with Gasteiger partial charge in [-0.15, -0.1) is 0 Å². The Balaban J connectivity index is 2.02. The van der Waals surface area contributed by atoms with Gasteiger partial charge in [-0.05, 0) is 25.0 Å². The Kier molecular flexibility index (Phi) is 3.13. The number of hydrogen-bond donors (Lipinski definition) is 1. The van der Waals surface area contributed by atoms with E-state index in [1.54, 1.807) is 24.4 Å². The lowest BCUT2D eigenvalue weighted by Crippen LogP contribution is -2.73. The molecule has 1 N–H and O–H groups in total. The zero-order valence-corrected chi connectivity index (χ0v) is 13.4. The maximum Gasteiger partial charge on any atom is 0.218 e. The maximum atomic E-state index is 10.1. The van der Waals surface area contributed by atoms with Gasteiger partial charge in [0.2, 0.25) is 11.7 Å². The Hall–Kier alpha value is -2.95. The first-order valence-corrected chi connectivity index (χ1v) is 8.21. The van der Waals surface area contributed by atoms with Crippen LogP contribution in [0.1, 0.15) is 37.5 Å². The molecular weight excluding hydrogens is 318 g/mol. The van der Waals surface area contributed by atoms with Gasteiger partial charge in [0.15, 0.2) is 10.8 Å². The summed E-state index contributed by atoms with van der Waals surface area (Å²) < 4.78 is 12.0. The van der Waals surface area contributed by atoms with E-state index in [4.69, 9.17) is 14.9 Å². The molecule has 124 valence electrons. The van der Waals surface area contributed by atoms with Crippen molar-refractivity contribution < 1.29 is 9.47 Å². The number of pyridine rings is 1. The number of nitrogens with one attached hydrogen (secondary N) is 1. The lowest BCUT2D eigenvalue weighted by Gasteiger charge is -2.63. The minimum absolute atomic E-state index is 0.363. The van der Waals surface area contributed by atoms with Gasteiger partial charge in [-0.1, -0.05) is 12.5 Å². The second-order valence-electron chi connectivity index (χ2n) is 6.75. The monoisotopic (exact) mass is 333 g/mol. The van der Waals surface area contributed by atoms with Crippen LogP contribution < -0.4 is 0 Å². The van der Waals surface area contributed by atoms with Gasteiger partial charge in [-0.2, -0.15) is 15.8 Å². The van der Waals surface area contributed by atoms with Crippen molar-refractivity contribution in [1.82, 2.24) is 4.98 Å². The second-order valence-corrected chi connectivity index (χ2v) is 6.75.